The fourth-order valence-electron chi connectivity index (χ4n) is 2.44. The van der Waals surface area contributed by atoms with E-state index in [1.165, 1.54) is 24.1 Å². The molecule has 0 spiro atoms. The molecule has 0 fully saturated rings. The molecule has 2 rings (SSSR count). The first kappa shape index (κ1) is 20.8. The van der Waals surface area contributed by atoms with Gasteiger partial charge in [-0.3, -0.25) is 9.69 Å². The van der Waals surface area contributed by atoms with Gasteiger partial charge in [0.05, 0.1) is 24.8 Å². The van der Waals surface area contributed by atoms with Crippen molar-refractivity contribution in [2.45, 2.75) is 20.0 Å². The number of esters is 1. The zero-order valence-electron chi connectivity index (χ0n) is 16.0. The van der Waals surface area contributed by atoms with Gasteiger partial charge in [0.2, 0.25) is 0 Å². The highest BCUT2D eigenvalue weighted by atomic mass is 16.5. The second-order valence-electron chi connectivity index (χ2n) is 6.08. The summed E-state index contributed by atoms with van der Waals surface area (Å²) in [5.41, 5.74) is 0.786. The Labute approximate surface area is 164 Å². The molecule has 0 atom stereocenters. The van der Waals surface area contributed by atoms with Gasteiger partial charge < -0.3 is 14.2 Å². The predicted octanol–water partition coefficient (Wildman–Crippen LogP) is 3.20. The third kappa shape index (κ3) is 5.48. The van der Waals surface area contributed by atoms with Gasteiger partial charge in [0, 0.05) is 5.69 Å². The molecule has 0 saturated carbocycles. The van der Waals surface area contributed by atoms with Crippen LogP contribution in [0.1, 0.15) is 24.2 Å². The van der Waals surface area contributed by atoms with Gasteiger partial charge >= 0.3 is 5.97 Å². The average molecular weight is 382 g/mol. The van der Waals surface area contributed by atoms with Gasteiger partial charge in [-0.1, -0.05) is 18.2 Å². The number of nitrogens with zero attached hydrogens (tertiary/aromatic N) is 2. The van der Waals surface area contributed by atoms with Gasteiger partial charge in [-0.2, -0.15) is 5.26 Å². The fraction of sp³-hybridized carbons (Fsp3) is 0.286. The summed E-state index contributed by atoms with van der Waals surface area (Å²) in [6, 6.07) is 15.3. The molecule has 28 heavy (non-hydrogen) atoms. The molecule has 146 valence electrons. The highest BCUT2D eigenvalue weighted by Crippen LogP contribution is 2.29. The largest absolute Gasteiger partial charge is 0.493 e. The number of nitriles is 1. The summed E-state index contributed by atoms with van der Waals surface area (Å²) >= 11 is 0. The van der Waals surface area contributed by atoms with Crippen molar-refractivity contribution in [1.29, 1.82) is 5.26 Å². The van der Waals surface area contributed by atoms with E-state index in [-0.39, 0.29) is 18.2 Å². The van der Waals surface area contributed by atoms with Gasteiger partial charge in [0.15, 0.2) is 18.1 Å². The molecule has 0 aromatic heterocycles. The van der Waals surface area contributed by atoms with Crippen LogP contribution in [0.4, 0.5) is 5.69 Å². The molecular weight excluding hydrogens is 360 g/mol. The average Bonchev–Trinajstić information content (AvgIpc) is 2.70. The first-order valence-electron chi connectivity index (χ1n) is 8.70. The van der Waals surface area contributed by atoms with Crippen molar-refractivity contribution in [1.82, 2.24) is 0 Å². The van der Waals surface area contributed by atoms with Crippen LogP contribution < -0.4 is 14.4 Å². The molecule has 0 aliphatic rings. The minimum absolute atomic E-state index is 0.0478. The molecule has 0 N–H and O–H groups in total. The second-order valence-corrected chi connectivity index (χ2v) is 6.08. The van der Waals surface area contributed by atoms with Crippen LogP contribution in [0.2, 0.25) is 0 Å². The number of rotatable bonds is 8. The first-order chi connectivity index (χ1) is 13.5. The molecule has 0 aliphatic heterocycles. The number of amides is 1. The third-order valence-electron chi connectivity index (χ3n) is 3.69. The Bertz CT molecular complexity index is 859. The summed E-state index contributed by atoms with van der Waals surface area (Å²) in [6.45, 7) is 3.14. The van der Waals surface area contributed by atoms with Crippen LogP contribution in [0.3, 0.4) is 0 Å². The Morgan fingerprint density at radius 2 is 1.82 bits per heavy atom. The lowest BCUT2D eigenvalue weighted by Crippen LogP contribution is -2.35. The fourth-order valence-corrected chi connectivity index (χ4v) is 2.44. The number of ether oxygens (including phenoxy) is 3. The predicted molar refractivity (Wildman–Crippen MR) is 103 cm³/mol. The molecule has 0 unspecified atom stereocenters. The quantitative estimate of drug-likeness (QED) is 0.515. The molecule has 0 heterocycles. The molecular formula is C21H22N2O5. The van der Waals surface area contributed by atoms with E-state index in [0.717, 1.165) is 0 Å². The van der Waals surface area contributed by atoms with Crippen molar-refractivity contribution in [2.75, 3.05) is 25.2 Å². The lowest BCUT2D eigenvalue weighted by molar-refractivity contribution is -0.121. The Kier molecular flexibility index (Phi) is 7.40. The van der Waals surface area contributed by atoms with Crippen LogP contribution in [-0.2, 0) is 9.53 Å². The molecule has 0 aliphatic carbocycles. The number of hydrogen-bond donors (Lipinski definition) is 0. The summed E-state index contributed by atoms with van der Waals surface area (Å²) < 4.78 is 16.0. The molecule has 0 radical (unpaired) electrons. The van der Waals surface area contributed by atoms with Crippen molar-refractivity contribution in [2.24, 2.45) is 0 Å². The van der Waals surface area contributed by atoms with Crippen LogP contribution in [0.5, 0.6) is 11.5 Å². The van der Waals surface area contributed by atoms with E-state index in [0.29, 0.717) is 17.2 Å². The van der Waals surface area contributed by atoms with Crippen molar-refractivity contribution < 1.29 is 23.8 Å². The van der Waals surface area contributed by atoms with Gasteiger partial charge in [0.1, 0.15) is 6.54 Å². The number of carbonyl (C=O) groups is 2. The summed E-state index contributed by atoms with van der Waals surface area (Å²) in [6.07, 6.45) is -0.0478. The monoisotopic (exact) mass is 382 g/mol. The minimum atomic E-state index is -0.673. The second kappa shape index (κ2) is 9.97. The van der Waals surface area contributed by atoms with E-state index in [1.54, 1.807) is 36.4 Å². The van der Waals surface area contributed by atoms with Gasteiger partial charge in [-0.05, 0) is 44.2 Å². The van der Waals surface area contributed by atoms with Gasteiger partial charge in [-0.15, -0.1) is 0 Å². The maximum absolute atomic E-state index is 12.4. The number of carbonyl (C=O) groups excluding carboxylic acids is 2. The van der Waals surface area contributed by atoms with Crippen LogP contribution in [0.25, 0.3) is 0 Å². The summed E-state index contributed by atoms with van der Waals surface area (Å²) in [7, 11) is 1.47. The lowest BCUT2D eigenvalue weighted by Gasteiger charge is -2.19. The van der Waals surface area contributed by atoms with Crippen molar-refractivity contribution in [3.63, 3.8) is 0 Å². The molecule has 7 nitrogen and oxygen atoms in total. The number of methoxy groups -OCH3 is 1. The molecule has 0 bridgehead atoms. The molecule has 2 aromatic carbocycles. The third-order valence-corrected chi connectivity index (χ3v) is 3.69. The Balaban J connectivity index is 2.06. The summed E-state index contributed by atoms with van der Waals surface area (Å²) in [5, 5.41) is 8.97. The molecule has 2 aromatic rings. The number of benzene rings is 2. The van der Waals surface area contributed by atoms with Crippen LogP contribution >= 0.6 is 0 Å². The zero-order valence-corrected chi connectivity index (χ0v) is 16.0. The van der Waals surface area contributed by atoms with Crippen molar-refractivity contribution in [3.8, 4) is 17.6 Å². The zero-order chi connectivity index (χ0) is 20.5. The van der Waals surface area contributed by atoms with E-state index in [4.69, 9.17) is 19.5 Å². The van der Waals surface area contributed by atoms with Crippen LogP contribution in [0.15, 0.2) is 48.5 Å². The Morgan fingerprint density at radius 1 is 1.11 bits per heavy atom. The SMILES string of the molecule is COc1cc(C(=O)OCC(=O)N(CC#N)c2ccccc2)ccc1OC(C)C. The Hall–Kier alpha value is -3.53. The van der Waals surface area contributed by atoms with Crippen LogP contribution in [-0.4, -0.2) is 38.2 Å². The van der Waals surface area contributed by atoms with E-state index in [1.807, 2.05) is 19.9 Å². The normalized spacial score (nSPS) is 10.1. The van der Waals surface area contributed by atoms with E-state index < -0.39 is 18.5 Å². The maximum Gasteiger partial charge on any atom is 0.338 e. The summed E-state index contributed by atoms with van der Waals surface area (Å²) in [4.78, 5) is 26.0. The first-order valence-corrected chi connectivity index (χ1v) is 8.70. The molecule has 0 saturated heterocycles. The number of hydrogen-bond acceptors (Lipinski definition) is 6. The smallest absolute Gasteiger partial charge is 0.338 e. The maximum atomic E-state index is 12.4. The van der Waals surface area contributed by atoms with Gasteiger partial charge in [0.25, 0.3) is 5.91 Å². The number of para-hydroxylation sites is 1. The van der Waals surface area contributed by atoms with E-state index in [9.17, 15) is 9.59 Å². The Morgan fingerprint density at radius 3 is 2.43 bits per heavy atom. The number of anilines is 1. The van der Waals surface area contributed by atoms with Crippen molar-refractivity contribution in [3.05, 3.63) is 54.1 Å². The lowest BCUT2D eigenvalue weighted by atomic mass is 10.2. The molecule has 7 heteroatoms. The van der Waals surface area contributed by atoms with E-state index in [2.05, 4.69) is 0 Å². The standard InChI is InChI=1S/C21H22N2O5/c1-15(2)28-18-10-9-16(13-19(18)26-3)21(25)27-14-20(24)23(12-11-22)17-7-5-4-6-8-17/h4-10,13,15H,12,14H2,1-3H3. The minimum Gasteiger partial charge on any atom is -0.493 e. The van der Waals surface area contributed by atoms with Crippen molar-refractivity contribution >= 4 is 17.6 Å². The van der Waals surface area contributed by atoms with E-state index >= 15 is 0 Å². The highest BCUT2D eigenvalue weighted by molar-refractivity contribution is 5.97. The van der Waals surface area contributed by atoms with Gasteiger partial charge in [-0.25, -0.2) is 4.79 Å². The topological polar surface area (TPSA) is 88.9 Å². The van der Waals surface area contributed by atoms with Crippen LogP contribution in [0, 0.1) is 11.3 Å². The highest BCUT2D eigenvalue weighted by Gasteiger charge is 2.19. The summed E-state index contributed by atoms with van der Waals surface area (Å²) in [5.74, 6) is -0.264. The molecule has 1 amide bonds.